The molecule has 110 valence electrons. The minimum absolute atomic E-state index is 0.183. The van der Waals surface area contributed by atoms with Gasteiger partial charge in [-0.1, -0.05) is 40.2 Å². The van der Waals surface area contributed by atoms with Crippen molar-refractivity contribution in [1.82, 2.24) is 0 Å². The summed E-state index contributed by atoms with van der Waals surface area (Å²) in [6.45, 7) is 0.497. The Bertz CT molecular complexity index is 616. The molecular weight excluding hydrogens is 334 g/mol. The van der Waals surface area contributed by atoms with Crippen molar-refractivity contribution in [1.29, 1.82) is 0 Å². The molecule has 0 amide bonds. The molecule has 0 fully saturated rings. The Morgan fingerprint density at radius 2 is 1.95 bits per heavy atom. The number of rotatable bonds is 6. The predicted molar refractivity (Wildman–Crippen MR) is 84.9 cm³/mol. The zero-order chi connectivity index (χ0) is 15.1. The summed E-state index contributed by atoms with van der Waals surface area (Å²) in [4.78, 5) is 11.6. The van der Waals surface area contributed by atoms with Crippen molar-refractivity contribution in [3.05, 3.63) is 58.6 Å². The molecule has 2 aromatic rings. The molecule has 0 spiro atoms. The highest BCUT2D eigenvalue weighted by molar-refractivity contribution is 9.10. The number of anilines is 1. The molecule has 2 N–H and O–H groups in total. The van der Waals surface area contributed by atoms with Crippen LogP contribution in [0.5, 0.6) is 5.75 Å². The van der Waals surface area contributed by atoms with E-state index >= 15 is 0 Å². The smallest absolute Gasteiger partial charge is 0.309 e. The van der Waals surface area contributed by atoms with E-state index in [-0.39, 0.29) is 25.6 Å². The van der Waals surface area contributed by atoms with Crippen LogP contribution >= 0.6 is 15.9 Å². The summed E-state index contributed by atoms with van der Waals surface area (Å²) in [7, 11) is 0. The SMILES string of the molecule is Nc1ccccc1OCCC(=O)OCc1cccc(Br)c1. The second kappa shape index (κ2) is 7.69. The van der Waals surface area contributed by atoms with E-state index < -0.39 is 0 Å². The van der Waals surface area contributed by atoms with Crippen molar-refractivity contribution in [2.24, 2.45) is 0 Å². The molecule has 0 radical (unpaired) electrons. The number of carbonyl (C=O) groups is 1. The lowest BCUT2D eigenvalue weighted by Crippen LogP contribution is -2.10. The lowest BCUT2D eigenvalue weighted by atomic mass is 10.2. The summed E-state index contributed by atoms with van der Waals surface area (Å²) in [5.41, 5.74) is 7.23. The second-order valence-corrected chi connectivity index (χ2v) is 5.34. The fourth-order valence-electron chi connectivity index (χ4n) is 1.72. The van der Waals surface area contributed by atoms with Gasteiger partial charge in [-0.2, -0.15) is 0 Å². The predicted octanol–water partition coefficient (Wildman–Crippen LogP) is 3.54. The van der Waals surface area contributed by atoms with Crippen LogP contribution in [0.3, 0.4) is 0 Å². The number of hydrogen-bond acceptors (Lipinski definition) is 4. The van der Waals surface area contributed by atoms with Gasteiger partial charge in [0.25, 0.3) is 0 Å². The van der Waals surface area contributed by atoms with Gasteiger partial charge in [0.2, 0.25) is 0 Å². The number of esters is 1. The molecule has 4 nitrogen and oxygen atoms in total. The van der Waals surface area contributed by atoms with Crippen LogP contribution in [0.4, 0.5) is 5.69 Å². The number of carbonyl (C=O) groups excluding carboxylic acids is 1. The quantitative estimate of drug-likeness (QED) is 0.639. The van der Waals surface area contributed by atoms with E-state index in [1.54, 1.807) is 12.1 Å². The normalized spacial score (nSPS) is 10.1. The Kier molecular flexibility index (Phi) is 5.63. The van der Waals surface area contributed by atoms with Crippen molar-refractivity contribution in [2.75, 3.05) is 12.3 Å². The highest BCUT2D eigenvalue weighted by Crippen LogP contribution is 2.19. The molecule has 0 aliphatic carbocycles. The molecule has 0 aliphatic rings. The molecule has 21 heavy (non-hydrogen) atoms. The van der Waals surface area contributed by atoms with Crippen molar-refractivity contribution in [3.63, 3.8) is 0 Å². The van der Waals surface area contributed by atoms with Crippen LogP contribution in [0.1, 0.15) is 12.0 Å². The Balaban J connectivity index is 1.72. The Labute approximate surface area is 132 Å². The van der Waals surface area contributed by atoms with E-state index in [4.69, 9.17) is 15.2 Å². The molecule has 0 aliphatic heterocycles. The van der Waals surface area contributed by atoms with E-state index in [0.29, 0.717) is 11.4 Å². The molecule has 0 atom stereocenters. The number of nitrogens with two attached hydrogens (primary N) is 1. The molecule has 0 heterocycles. The van der Waals surface area contributed by atoms with Crippen molar-refractivity contribution < 1.29 is 14.3 Å². The van der Waals surface area contributed by atoms with Gasteiger partial charge < -0.3 is 15.2 Å². The monoisotopic (exact) mass is 349 g/mol. The summed E-state index contributed by atoms with van der Waals surface area (Å²) in [5.74, 6) is 0.279. The minimum atomic E-state index is -0.301. The largest absolute Gasteiger partial charge is 0.491 e. The van der Waals surface area contributed by atoms with Gasteiger partial charge in [0, 0.05) is 4.47 Å². The van der Waals surface area contributed by atoms with Gasteiger partial charge in [0.15, 0.2) is 0 Å². The maximum Gasteiger partial charge on any atom is 0.309 e. The van der Waals surface area contributed by atoms with Crippen LogP contribution < -0.4 is 10.5 Å². The van der Waals surface area contributed by atoms with Crippen LogP contribution in [-0.2, 0) is 16.1 Å². The molecule has 5 heteroatoms. The highest BCUT2D eigenvalue weighted by atomic mass is 79.9. The van der Waals surface area contributed by atoms with Crippen molar-refractivity contribution in [2.45, 2.75) is 13.0 Å². The van der Waals surface area contributed by atoms with E-state index in [0.717, 1.165) is 10.0 Å². The fraction of sp³-hybridized carbons (Fsp3) is 0.188. The topological polar surface area (TPSA) is 61.5 Å². The highest BCUT2D eigenvalue weighted by Gasteiger charge is 2.05. The summed E-state index contributed by atoms with van der Waals surface area (Å²) in [6.07, 6.45) is 0.183. The van der Waals surface area contributed by atoms with Crippen molar-refractivity contribution in [3.8, 4) is 5.75 Å². The average Bonchev–Trinajstić information content (AvgIpc) is 2.47. The van der Waals surface area contributed by atoms with Gasteiger partial charge in [-0.05, 0) is 29.8 Å². The van der Waals surface area contributed by atoms with Gasteiger partial charge in [-0.25, -0.2) is 0 Å². The first-order valence-electron chi connectivity index (χ1n) is 6.52. The van der Waals surface area contributed by atoms with E-state index in [2.05, 4.69) is 15.9 Å². The first kappa shape index (κ1) is 15.4. The number of benzene rings is 2. The molecule has 2 aromatic carbocycles. The first-order valence-corrected chi connectivity index (χ1v) is 7.32. The molecule has 0 bridgehead atoms. The molecule has 2 rings (SSSR count). The third kappa shape index (κ3) is 5.11. The number of para-hydroxylation sites is 2. The van der Waals surface area contributed by atoms with E-state index in [1.165, 1.54) is 0 Å². The summed E-state index contributed by atoms with van der Waals surface area (Å²) >= 11 is 3.37. The average molecular weight is 350 g/mol. The Morgan fingerprint density at radius 1 is 1.14 bits per heavy atom. The standard InChI is InChI=1S/C16H16BrNO3/c17-13-5-3-4-12(10-13)11-21-16(19)8-9-20-15-7-2-1-6-14(15)18/h1-7,10H,8-9,11,18H2. The van der Waals surface area contributed by atoms with Crippen LogP contribution in [0.25, 0.3) is 0 Å². The number of ether oxygens (including phenoxy) is 2. The minimum Gasteiger partial charge on any atom is -0.491 e. The van der Waals surface area contributed by atoms with E-state index in [1.807, 2.05) is 36.4 Å². The Morgan fingerprint density at radius 3 is 2.71 bits per heavy atom. The number of halogens is 1. The third-order valence-corrected chi connectivity index (χ3v) is 3.26. The molecule has 0 unspecified atom stereocenters. The summed E-state index contributed by atoms with van der Waals surface area (Å²) in [6, 6.07) is 14.8. The summed E-state index contributed by atoms with van der Waals surface area (Å²) < 4.78 is 11.6. The number of hydrogen-bond donors (Lipinski definition) is 1. The van der Waals surface area contributed by atoms with E-state index in [9.17, 15) is 4.79 Å². The lowest BCUT2D eigenvalue weighted by molar-refractivity contribution is -0.145. The van der Waals surface area contributed by atoms with Gasteiger partial charge in [-0.3, -0.25) is 4.79 Å². The molecule has 0 saturated carbocycles. The second-order valence-electron chi connectivity index (χ2n) is 4.43. The van der Waals surface area contributed by atoms with Gasteiger partial charge in [0.05, 0.1) is 18.7 Å². The molecular formula is C16H16BrNO3. The van der Waals surface area contributed by atoms with Gasteiger partial charge in [0.1, 0.15) is 12.4 Å². The first-order chi connectivity index (χ1) is 10.1. The van der Waals surface area contributed by atoms with Crippen LogP contribution in [0.2, 0.25) is 0 Å². The fourth-order valence-corrected chi connectivity index (χ4v) is 2.17. The van der Waals surface area contributed by atoms with Crippen LogP contribution in [0.15, 0.2) is 53.0 Å². The zero-order valence-corrected chi connectivity index (χ0v) is 13.0. The number of nitrogen functional groups attached to an aromatic ring is 1. The van der Waals surface area contributed by atoms with Crippen LogP contribution in [-0.4, -0.2) is 12.6 Å². The van der Waals surface area contributed by atoms with Gasteiger partial charge in [-0.15, -0.1) is 0 Å². The third-order valence-electron chi connectivity index (χ3n) is 2.77. The van der Waals surface area contributed by atoms with Crippen molar-refractivity contribution >= 4 is 27.6 Å². The lowest BCUT2D eigenvalue weighted by Gasteiger charge is -2.08. The maximum absolute atomic E-state index is 11.6. The summed E-state index contributed by atoms with van der Waals surface area (Å²) in [5, 5.41) is 0. The Hall–Kier alpha value is -2.01. The van der Waals surface area contributed by atoms with Crippen LogP contribution in [0, 0.1) is 0 Å². The maximum atomic E-state index is 11.6. The zero-order valence-electron chi connectivity index (χ0n) is 11.4. The molecule has 0 aromatic heterocycles. The van der Waals surface area contributed by atoms with Gasteiger partial charge >= 0.3 is 5.97 Å². The molecule has 0 saturated heterocycles.